The Morgan fingerprint density at radius 3 is 2.77 bits per heavy atom. The van der Waals surface area contributed by atoms with Gasteiger partial charge in [0.2, 0.25) is 0 Å². The fourth-order valence-corrected chi connectivity index (χ4v) is 1.57. The molecule has 8 nitrogen and oxygen atoms in total. The fraction of sp³-hybridized carbons (Fsp3) is 0.167. The number of carbonyl (C=O) groups is 1. The molecule has 1 aromatic heterocycles. The van der Waals surface area contributed by atoms with E-state index >= 15 is 0 Å². The van der Waals surface area contributed by atoms with Crippen LogP contribution in [-0.2, 0) is 4.79 Å². The van der Waals surface area contributed by atoms with Gasteiger partial charge in [-0.2, -0.15) is 5.10 Å². The van der Waals surface area contributed by atoms with E-state index in [0.29, 0.717) is 10.7 Å². The SMILES string of the molecule is Br.CC(N)C(=O)NNc1nncc(-c2cccc(Cl)c2)n1.O. The molecule has 22 heavy (non-hydrogen) atoms. The number of halogens is 2. The lowest BCUT2D eigenvalue weighted by Crippen LogP contribution is -2.41. The Kier molecular flexibility index (Phi) is 8.50. The molecule has 2 aromatic rings. The van der Waals surface area contributed by atoms with Crippen molar-refractivity contribution < 1.29 is 10.3 Å². The molecule has 0 radical (unpaired) electrons. The standard InChI is InChI=1S/C12H13ClN6O.BrH.H2O/c1-7(14)11(20)17-19-12-16-10(6-15-18-12)8-3-2-4-9(13)5-8;;/h2-7H,14H2,1H3,(H,17,20)(H,16,18,19);1H;1H2. The Balaban J connectivity index is 0.00000220. The van der Waals surface area contributed by atoms with E-state index in [1.165, 1.54) is 6.20 Å². The average Bonchev–Trinajstić information content (AvgIpc) is 2.45. The van der Waals surface area contributed by atoms with Crippen molar-refractivity contribution in [3.8, 4) is 11.3 Å². The molecule has 2 rings (SSSR count). The largest absolute Gasteiger partial charge is 0.412 e. The Hall–Kier alpha value is -1.81. The van der Waals surface area contributed by atoms with Crippen LogP contribution in [0.5, 0.6) is 0 Å². The van der Waals surface area contributed by atoms with Crippen LogP contribution in [0, 0.1) is 0 Å². The van der Waals surface area contributed by atoms with Crippen LogP contribution in [0.1, 0.15) is 6.92 Å². The van der Waals surface area contributed by atoms with Gasteiger partial charge in [-0.3, -0.25) is 15.6 Å². The van der Waals surface area contributed by atoms with E-state index in [9.17, 15) is 4.79 Å². The highest BCUT2D eigenvalue weighted by Crippen LogP contribution is 2.20. The number of rotatable bonds is 4. The second kappa shape index (κ2) is 9.26. The molecule has 1 aromatic carbocycles. The number of hydrogen-bond acceptors (Lipinski definition) is 6. The van der Waals surface area contributed by atoms with Crippen molar-refractivity contribution in [2.75, 3.05) is 5.43 Å². The number of anilines is 1. The first-order valence-electron chi connectivity index (χ1n) is 5.83. The zero-order chi connectivity index (χ0) is 14.5. The number of hydrogen-bond donors (Lipinski definition) is 3. The van der Waals surface area contributed by atoms with Gasteiger partial charge in [-0.25, -0.2) is 4.98 Å². The van der Waals surface area contributed by atoms with Gasteiger partial charge in [-0.05, 0) is 19.1 Å². The minimum absolute atomic E-state index is 0. The number of benzene rings is 1. The number of nitrogens with one attached hydrogen (secondary N) is 2. The van der Waals surface area contributed by atoms with Gasteiger partial charge in [-0.1, -0.05) is 23.7 Å². The third-order valence-corrected chi connectivity index (χ3v) is 2.63. The third-order valence-electron chi connectivity index (χ3n) is 2.39. The Labute approximate surface area is 142 Å². The molecule has 120 valence electrons. The van der Waals surface area contributed by atoms with Gasteiger partial charge in [0.05, 0.1) is 17.9 Å². The quantitative estimate of drug-likeness (QED) is 0.657. The van der Waals surface area contributed by atoms with Crippen LogP contribution in [0.3, 0.4) is 0 Å². The second-order valence-electron chi connectivity index (χ2n) is 4.08. The minimum atomic E-state index is -0.633. The molecule has 0 bridgehead atoms. The normalized spacial score (nSPS) is 10.7. The van der Waals surface area contributed by atoms with Gasteiger partial charge in [0.25, 0.3) is 11.9 Å². The lowest BCUT2D eigenvalue weighted by Gasteiger charge is -2.09. The van der Waals surface area contributed by atoms with Crippen molar-refractivity contribution in [2.45, 2.75) is 13.0 Å². The molecule has 10 heteroatoms. The van der Waals surface area contributed by atoms with Crippen LogP contribution < -0.4 is 16.6 Å². The molecule has 0 fully saturated rings. The fourth-order valence-electron chi connectivity index (χ4n) is 1.37. The van der Waals surface area contributed by atoms with Crippen LogP contribution in [-0.4, -0.2) is 32.6 Å². The maximum absolute atomic E-state index is 11.3. The molecule has 0 aliphatic carbocycles. The van der Waals surface area contributed by atoms with Crippen molar-refractivity contribution in [3.63, 3.8) is 0 Å². The van der Waals surface area contributed by atoms with Crippen LogP contribution >= 0.6 is 28.6 Å². The Bertz CT molecular complexity index is 628. The zero-order valence-electron chi connectivity index (χ0n) is 11.6. The maximum atomic E-state index is 11.3. The molecule has 1 atom stereocenters. The smallest absolute Gasteiger partial charge is 0.262 e. The van der Waals surface area contributed by atoms with Gasteiger partial charge in [-0.15, -0.1) is 22.1 Å². The number of hydrazine groups is 1. The summed E-state index contributed by atoms with van der Waals surface area (Å²) in [6, 6.07) is 6.55. The molecule has 1 amide bonds. The summed E-state index contributed by atoms with van der Waals surface area (Å²) in [7, 11) is 0. The molecule has 6 N–H and O–H groups in total. The van der Waals surface area contributed by atoms with Gasteiger partial charge >= 0.3 is 0 Å². The first-order chi connectivity index (χ1) is 9.56. The summed E-state index contributed by atoms with van der Waals surface area (Å²) in [5.41, 5.74) is 11.7. The van der Waals surface area contributed by atoms with E-state index < -0.39 is 6.04 Å². The number of aromatic nitrogens is 3. The zero-order valence-corrected chi connectivity index (χ0v) is 14.0. The molecule has 0 aliphatic rings. The van der Waals surface area contributed by atoms with Crippen molar-refractivity contribution in [1.82, 2.24) is 20.6 Å². The van der Waals surface area contributed by atoms with Gasteiger partial charge < -0.3 is 11.2 Å². The Morgan fingerprint density at radius 1 is 1.41 bits per heavy atom. The summed E-state index contributed by atoms with van der Waals surface area (Å²) >= 11 is 5.92. The maximum Gasteiger partial charge on any atom is 0.262 e. The van der Waals surface area contributed by atoms with E-state index in [4.69, 9.17) is 17.3 Å². The summed E-state index contributed by atoms with van der Waals surface area (Å²) in [5, 5.41) is 8.17. The molecular weight excluding hydrogens is 376 g/mol. The minimum Gasteiger partial charge on any atom is -0.412 e. The molecule has 0 saturated heterocycles. The van der Waals surface area contributed by atoms with E-state index in [-0.39, 0.29) is 34.3 Å². The predicted octanol–water partition coefficient (Wildman–Crippen LogP) is 0.735. The average molecular weight is 392 g/mol. The van der Waals surface area contributed by atoms with Crippen molar-refractivity contribution in [3.05, 3.63) is 35.5 Å². The lowest BCUT2D eigenvalue weighted by molar-refractivity contribution is -0.121. The van der Waals surface area contributed by atoms with Gasteiger partial charge in [0.15, 0.2) is 0 Å². The highest BCUT2D eigenvalue weighted by Gasteiger charge is 2.08. The van der Waals surface area contributed by atoms with E-state index in [2.05, 4.69) is 26.0 Å². The molecule has 0 saturated carbocycles. The van der Waals surface area contributed by atoms with Crippen LogP contribution in [0.15, 0.2) is 30.5 Å². The van der Waals surface area contributed by atoms with Crippen molar-refractivity contribution in [2.24, 2.45) is 5.73 Å². The second-order valence-corrected chi connectivity index (χ2v) is 4.51. The summed E-state index contributed by atoms with van der Waals surface area (Å²) < 4.78 is 0. The molecule has 1 unspecified atom stereocenters. The monoisotopic (exact) mass is 390 g/mol. The lowest BCUT2D eigenvalue weighted by atomic mass is 10.2. The van der Waals surface area contributed by atoms with Gasteiger partial charge in [0.1, 0.15) is 0 Å². The highest BCUT2D eigenvalue weighted by atomic mass is 79.9. The first-order valence-corrected chi connectivity index (χ1v) is 6.21. The van der Waals surface area contributed by atoms with Crippen LogP contribution in [0.4, 0.5) is 5.95 Å². The summed E-state index contributed by atoms with van der Waals surface area (Å²) in [5.74, 6) is -0.210. The van der Waals surface area contributed by atoms with E-state index in [1.807, 2.05) is 12.1 Å². The molecular formula is C12H16BrClN6O2. The van der Waals surface area contributed by atoms with Gasteiger partial charge in [0, 0.05) is 10.6 Å². The summed E-state index contributed by atoms with van der Waals surface area (Å²) in [6.45, 7) is 1.57. The molecule has 0 aliphatic heterocycles. The topological polar surface area (TPSA) is 137 Å². The molecule has 0 spiro atoms. The van der Waals surface area contributed by atoms with Crippen molar-refractivity contribution >= 4 is 40.4 Å². The van der Waals surface area contributed by atoms with E-state index in [0.717, 1.165) is 5.56 Å². The predicted molar refractivity (Wildman–Crippen MR) is 89.6 cm³/mol. The van der Waals surface area contributed by atoms with E-state index in [1.54, 1.807) is 19.1 Å². The molecule has 1 heterocycles. The van der Waals surface area contributed by atoms with Crippen molar-refractivity contribution in [1.29, 1.82) is 0 Å². The van der Waals surface area contributed by atoms with Crippen LogP contribution in [0.25, 0.3) is 11.3 Å². The summed E-state index contributed by atoms with van der Waals surface area (Å²) in [6.07, 6.45) is 1.50. The van der Waals surface area contributed by atoms with Crippen LogP contribution in [0.2, 0.25) is 5.02 Å². The number of nitrogens with two attached hydrogens (primary N) is 1. The highest BCUT2D eigenvalue weighted by molar-refractivity contribution is 8.93. The number of nitrogens with zero attached hydrogens (tertiary/aromatic N) is 3. The Morgan fingerprint density at radius 2 is 2.14 bits per heavy atom. The summed E-state index contributed by atoms with van der Waals surface area (Å²) in [4.78, 5) is 15.5. The first kappa shape index (κ1) is 20.2. The number of amides is 1. The third kappa shape index (κ3) is 5.53. The number of carbonyl (C=O) groups excluding carboxylic acids is 1.